The molecule has 2 atom stereocenters. The molecule has 1 fully saturated rings. The van der Waals surface area contributed by atoms with Crippen LogP contribution in [0.3, 0.4) is 0 Å². The topological polar surface area (TPSA) is 101 Å². The number of benzene rings is 1. The van der Waals surface area contributed by atoms with Crippen molar-refractivity contribution in [3.05, 3.63) is 81.9 Å². The van der Waals surface area contributed by atoms with Gasteiger partial charge < -0.3 is 19.2 Å². The van der Waals surface area contributed by atoms with E-state index in [9.17, 15) is 23.5 Å². The number of hydrogen-bond acceptors (Lipinski definition) is 7. The molecule has 2 aliphatic heterocycles. The van der Waals surface area contributed by atoms with E-state index in [1.54, 1.807) is 5.01 Å². The first-order valence-electron chi connectivity index (χ1n) is 9.43. The number of nitrogens with zero attached hydrogens (tertiary/aromatic N) is 4. The zero-order valence-electron chi connectivity index (χ0n) is 15.9. The van der Waals surface area contributed by atoms with Gasteiger partial charge in [0.1, 0.15) is 18.5 Å². The minimum absolute atomic E-state index is 0.0962. The second kappa shape index (κ2) is 7.20. The lowest BCUT2D eigenvalue weighted by Crippen LogP contribution is -2.66. The second-order valence-corrected chi connectivity index (χ2v) is 7.10. The van der Waals surface area contributed by atoms with Crippen LogP contribution in [0.2, 0.25) is 0 Å². The van der Waals surface area contributed by atoms with Gasteiger partial charge in [-0.25, -0.2) is 13.8 Å². The molecule has 0 saturated carbocycles. The molecule has 0 bridgehead atoms. The Bertz CT molecular complexity index is 1210. The third kappa shape index (κ3) is 2.96. The van der Waals surface area contributed by atoms with Crippen molar-refractivity contribution in [1.82, 2.24) is 14.6 Å². The van der Waals surface area contributed by atoms with Gasteiger partial charge >= 0.3 is 0 Å². The van der Waals surface area contributed by atoms with E-state index in [0.717, 1.165) is 18.2 Å². The van der Waals surface area contributed by atoms with Gasteiger partial charge in [-0.1, -0.05) is 6.07 Å². The van der Waals surface area contributed by atoms with Crippen LogP contribution in [0.25, 0.3) is 0 Å². The van der Waals surface area contributed by atoms with Crippen molar-refractivity contribution >= 4 is 5.91 Å². The predicted molar refractivity (Wildman–Crippen MR) is 101 cm³/mol. The highest BCUT2D eigenvalue weighted by Gasteiger charge is 2.45. The van der Waals surface area contributed by atoms with Crippen LogP contribution in [0.1, 0.15) is 28.0 Å². The molecule has 0 radical (unpaired) electrons. The molecule has 1 aromatic carbocycles. The zero-order valence-corrected chi connectivity index (χ0v) is 15.9. The lowest BCUT2D eigenvalue weighted by molar-refractivity contribution is -0.0204. The summed E-state index contributed by atoms with van der Waals surface area (Å²) < 4.78 is 40.1. The maximum Gasteiger partial charge on any atom is 0.278 e. The van der Waals surface area contributed by atoms with Crippen LogP contribution >= 0.6 is 0 Å². The van der Waals surface area contributed by atoms with Gasteiger partial charge in [0.15, 0.2) is 23.1 Å². The predicted octanol–water partition coefficient (Wildman–Crippen LogP) is 1.36. The molecular formula is C20H16F2N4O5. The number of carbonyl (C=O) groups is 1. The summed E-state index contributed by atoms with van der Waals surface area (Å²) in [6, 6.07) is 3.54. The minimum atomic E-state index is -1.07. The van der Waals surface area contributed by atoms with E-state index in [1.807, 2.05) is 0 Å². The van der Waals surface area contributed by atoms with Crippen LogP contribution in [-0.4, -0.2) is 51.5 Å². The fraction of sp³-hybridized carbons (Fsp3) is 0.250. The van der Waals surface area contributed by atoms with Gasteiger partial charge in [-0.2, -0.15) is 0 Å². The van der Waals surface area contributed by atoms with E-state index in [0.29, 0.717) is 0 Å². The molecular weight excluding hydrogens is 414 g/mol. The van der Waals surface area contributed by atoms with E-state index in [1.165, 1.54) is 34.3 Å². The summed E-state index contributed by atoms with van der Waals surface area (Å²) in [5.74, 6) is -3.21. The first kappa shape index (κ1) is 19.2. The van der Waals surface area contributed by atoms with Crippen molar-refractivity contribution in [2.75, 3.05) is 24.8 Å². The molecule has 11 heteroatoms. The number of aromatic nitrogens is 2. The molecule has 160 valence electrons. The number of pyridine rings is 1. The number of oxazole rings is 1. The number of morpholine rings is 1. The average Bonchev–Trinajstić information content (AvgIpc) is 3.30. The summed E-state index contributed by atoms with van der Waals surface area (Å²) in [5, 5.41) is 12.0. The van der Waals surface area contributed by atoms with Crippen LogP contribution in [0, 0.1) is 11.6 Å². The Morgan fingerprint density at radius 2 is 2.03 bits per heavy atom. The van der Waals surface area contributed by atoms with Crippen molar-refractivity contribution in [3.63, 3.8) is 0 Å². The smallest absolute Gasteiger partial charge is 0.278 e. The molecule has 4 heterocycles. The fourth-order valence-electron chi connectivity index (χ4n) is 3.99. The number of rotatable bonds is 3. The number of aromatic hydroxyl groups is 1. The normalized spacial score (nSPS) is 19.2. The molecule has 0 unspecified atom stereocenters. The summed E-state index contributed by atoms with van der Waals surface area (Å²) >= 11 is 0. The summed E-state index contributed by atoms with van der Waals surface area (Å²) in [7, 11) is 0. The maximum atomic E-state index is 14.1. The number of fused-ring (bicyclic) bond motifs is 2. The lowest BCUT2D eigenvalue weighted by atomic mass is 10.0. The van der Waals surface area contributed by atoms with Gasteiger partial charge in [0.2, 0.25) is 11.3 Å². The molecule has 3 aromatic rings. The van der Waals surface area contributed by atoms with Crippen molar-refractivity contribution in [3.8, 4) is 5.75 Å². The third-order valence-corrected chi connectivity index (χ3v) is 5.38. The Hall–Kier alpha value is -3.73. The molecule has 2 aliphatic rings. The van der Waals surface area contributed by atoms with Crippen molar-refractivity contribution < 1.29 is 27.8 Å². The standard InChI is InChI=1S/C20H16F2N4O5/c21-12-2-1-11(9-13(12)22)16(19-23-4-7-31-19)26-15-10-30-8-6-24(15)20(29)17-18(28)14(27)3-5-25(17)26/h1-5,7,9,15-16,28H,6,8,10H2/t15-,16+/m1/s1. The first-order valence-corrected chi connectivity index (χ1v) is 9.43. The molecule has 5 rings (SSSR count). The third-order valence-electron chi connectivity index (χ3n) is 5.38. The van der Waals surface area contributed by atoms with Crippen LogP contribution < -0.4 is 10.4 Å². The molecule has 0 aliphatic carbocycles. The van der Waals surface area contributed by atoms with Crippen LogP contribution in [0.4, 0.5) is 8.78 Å². The number of hydrogen-bond donors (Lipinski definition) is 1. The fourth-order valence-corrected chi connectivity index (χ4v) is 3.99. The quantitative estimate of drug-likeness (QED) is 0.670. The van der Waals surface area contributed by atoms with E-state index >= 15 is 0 Å². The highest BCUT2D eigenvalue weighted by molar-refractivity contribution is 5.96. The van der Waals surface area contributed by atoms with E-state index in [2.05, 4.69) is 4.98 Å². The van der Waals surface area contributed by atoms with Crippen LogP contribution in [0.15, 0.2) is 52.1 Å². The highest BCUT2D eigenvalue weighted by atomic mass is 19.2. The van der Waals surface area contributed by atoms with Gasteiger partial charge in [0.05, 0.1) is 19.4 Å². The van der Waals surface area contributed by atoms with Gasteiger partial charge in [-0.15, -0.1) is 0 Å². The van der Waals surface area contributed by atoms with E-state index in [-0.39, 0.29) is 36.9 Å². The highest BCUT2D eigenvalue weighted by Crippen LogP contribution is 2.35. The van der Waals surface area contributed by atoms with E-state index < -0.39 is 40.9 Å². The summed E-state index contributed by atoms with van der Waals surface area (Å²) in [6.07, 6.45) is 3.37. The zero-order chi connectivity index (χ0) is 21.7. The van der Waals surface area contributed by atoms with Crippen molar-refractivity contribution in [1.29, 1.82) is 0 Å². The van der Waals surface area contributed by atoms with Gasteiger partial charge in [0, 0.05) is 18.8 Å². The summed E-state index contributed by atoms with van der Waals surface area (Å²) in [6.45, 7) is 0.570. The number of carbonyl (C=O) groups excluding carboxylic acids is 1. The van der Waals surface area contributed by atoms with Crippen molar-refractivity contribution in [2.45, 2.75) is 12.2 Å². The SMILES string of the molecule is O=C1c2c(O)c(=O)ccn2N([C@@H](c2ccc(F)c(F)c2)c2ncco2)[C@@H]2COCCN12. The largest absolute Gasteiger partial charge is 0.502 e. The summed E-state index contributed by atoms with van der Waals surface area (Å²) in [4.78, 5) is 30.8. The Morgan fingerprint density at radius 1 is 1.19 bits per heavy atom. The Labute approximate surface area is 173 Å². The number of ether oxygens (including phenoxy) is 1. The molecule has 9 nitrogen and oxygen atoms in total. The number of amides is 1. The Balaban J connectivity index is 1.77. The Morgan fingerprint density at radius 3 is 2.77 bits per heavy atom. The lowest BCUT2D eigenvalue weighted by Gasteiger charge is -2.50. The van der Waals surface area contributed by atoms with Crippen LogP contribution in [-0.2, 0) is 4.74 Å². The van der Waals surface area contributed by atoms with Gasteiger partial charge in [-0.3, -0.25) is 19.3 Å². The molecule has 1 saturated heterocycles. The van der Waals surface area contributed by atoms with Crippen molar-refractivity contribution in [2.24, 2.45) is 0 Å². The van der Waals surface area contributed by atoms with Gasteiger partial charge in [0.25, 0.3) is 5.91 Å². The maximum absolute atomic E-state index is 14.1. The summed E-state index contributed by atoms with van der Waals surface area (Å²) in [5.41, 5.74) is -0.679. The van der Waals surface area contributed by atoms with Crippen LogP contribution in [0.5, 0.6) is 5.75 Å². The molecule has 1 amide bonds. The Kier molecular flexibility index (Phi) is 4.47. The first-order chi connectivity index (χ1) is 15.0. The van der Waals surface area contributed by atoms with Gasteiger partial charge in [-0.05, 0) is 17.7 Å². The number of halogens is 2. The molecule has 2 aromatic heterocycles. The molecule has 1 N–H and O–H groups in total. The average molecular weight is 430 g/mol. The van der Waals surface area contributed by atoms with E-state index in [4.69, 9.17) is 9.15 Å². The molecule has 0 spiro atoms. The minimum Gasteiger partial charge on any atom is -0.502 e. The monoisotopic (exact) mass is 430 g/mol. The second-order valence-electron chi connectivity index (χ2n) is 7.10. The molecule has 31 heavy (non-hydrogen) atoms.